The van der Waals surface area contributed by atoms with Crippen LogP contribution in [0.4, 0.5) is 0 Å². The van der Waals surface area contributed by atoms with Crippen molar-refractivity contribution in [3.05, 3.63) is 23.8 Å². The van der Waals surface area contributed by atoms with Crippen molar-refractivity contribution in [3.8, 4) is 11.5 Å². The molecule has 5 nitrogen and oxygen atoms in total. The molecule has 1 aromatic carbocycles. The summed E-state index contributed by atoms with van der Waals surface area (Å²) in [5, 5.41) is 2.79. The highest BCUT2D eigenvalue weighted by Gasteiger charge is 2.28. The monoisotopic (exact) mass is 314 g/mol. The third-order valence-corrected chi connectivity index (χ3v) is 3.44. The van der Waals surface area contributed by atoms with Crippen LogP contribution in [0.25, 0.3) is 0 Å². The van der Waals surface area contributed by atoms with Crippen LogP contribution < -0.4 is 20.5 Å². The number of carbonyl (C=O) groups is 1. The van der Waals surface area contributed by atoms with Crippen molar-refractivity contribution < 1.29 is 14.3 Å². The van der Waals surface area contributed by atoms with E-state index in [1.807, 2.05) is 19.1 Å². The molecule has 0 spiro atoms. The molecule has 1 fully saturated rings. The number of methoxy groups -OCH3 is 1. The molecule has 0 saturated heterocycles. The maximum absolute atomic E-state index is 11.7. The molecular weight excluding hydrogens is 292 g/mol. The summed E-state index contributed by atoms with van der Waals surface area (Å²) >= 11 is 0. The number of ether oxygens (including phenoxy) is 2. The van der Waals surface area contributed by atoms with Crippen LogP contribution in [0.15, 0.2) is 18.2 Å². The molecule has 0 bridgehead atoms. The Balaban J connectivity index is 0.00000220. The second-order valence-electron chi connectivity index (χ2n) is 5.25. The number of halogens is 1. The van der Waals surface area contributed by atoms with E-state index in [-0.39, 0.29) is 31.0 Å². The lowest BCUT2D eigenvalue weighted by Crippen LogP contribution is -2.40. The first-order chi connectivity index (χ1) is 9.60. The van der Waals surface area contributed by atoms with Gasteiger partial charge in [-0.25, -0.2) is 0 Å². The van der Waals surface area contributed by atoms with Crippen LogP contribution in [0, 0.1) is 12.8 Å². The third-order valence-electron chi connectivity index (χ3n) is 3.44. The van der Waals surface area contributed by atoms with E-state index in [0.717, 1.165) is 5.56 Å². The molecule has 3 N–H and O–H groups in total. The second-order valence-corrected chi connectivity index (χ2v) is 5.25. The minimum atomic E-state index is -0.163. The summed E-state index contributed by atoms with van der Waals surface area (Å²) in [6.45, 7) is 2.45. The summed E-state index contributed by atoms with van der Waals surface area (Å²) < 4.78 is 10.7. The van der Waals surface area contributed by atoms with Crippen LogP contribution in [0.5, 0.6) is 11.5 Å². The van der Waals surface area contributed by atoms with Crippen molar-refractivity contribution in [3.63, 3.8) is 0 Å². The first-order valence-corrected chi connectivity index (χ1v) is 6.90. The molecule has 0 radical (unpaired) electrons. The smallest absolute Gasteiger partial charge is 0.257 e. The van der Waals surface area contributed by atoms with Gasteiger partial charge in [0.05, 0.1) is 7.11 Å². The van der Waals surface area contributed by atoms with E-state index in [0.29, 0.717) is 24.0 Å². The molecule has 0 aromatic heterocycles. The summed E-state index contributed by atoms with van der Waals surface area (Å²) in [5.41, 5.74) is 7.00. The van der Waals surface area contributed by atoms with Crippen LogP contribution in [-0.4, -0.2) is 32.2 Å². The molecule has 1 atom stereocenters. The second kappa shape index (κ2) is 8.10. The van der Waals surface area contributed by atoms with E-state index in [1.165, 1.54) is 12.8 Å². The maximum atomic E-state index is 11.7. The number of nitrogens with two attached hydrogens (primary N) is 1. The Morgan fingerprint density at radius 2 is 2.14 bits per heavy atom. The Morgan fingerprint density at radius 1 is 1.43 bits per heavy atom. The highest BCUT2D eigenvalue weighted by atomic mass is 35.5. The minimum Gasteiger partial charge on any atom is -0.493 e. The Kier molecular flexibility index (Phi) is 6.78. The number of hydrogen-bond donors (Lipinski definition) is 2. The average molecular weight is 315 g/mol. The SMILES string of the molecule is COc1cc(C)ccc1OCC(=O)NCC(N)C1CC1.Cl. The predicted octanol–water partition coefficient (Wildman–Crippen LogP) is 1.66. The molecule has 2 rings (SSSR count). The largest absolute Gasteiger partial charge is 0.493 e. The molecule has 1 aliphatic rings. The van der Waals surface area contributed by atoms with Gasteiger partial charge in [0.1, 0.15) is 0 Å². The standard InChI is InChI=1S/C15H22N2O3.ClH/c1-10-3-6-13(14(7-10)19-2)20-9-15(18)17-8-12(16)11-4-5-11;/h3,6-7,11-12H,4-5,8-9,16H2,1-2H3,(H,17,18);1H. The van der Waals surface area contributed by atoms with Gasteiger partial charge in [-0.2, -0.15) is 0 Å². The van der Waals surface area contributed by atoms with Gasteiger partial charge >= 0.3 is 0 Å². The summed E-state index contributed by atoms with van der Waals surface area (Å²) in [5.74, 6) is 1.62. The molecule has 6 heteroatoms. The fourth-order valence-corrected chi connectivity index (χ4v) is 2.01. The molecule has 1 amide bonds. The lowest BCUT2D eigenvalue weighted by Gasteiger charge is -2.13. The van der Waals surface area contributed by atoms with Gasteiger partial charge in [0, 0.05) is 12.6 Å². The maximum Gasteiger partial charge on any atom is 0.257 e. The Morgan fingerprint density at radius 3 is 2.76 bits per heavy atom. The van der Waals surface area contributed by atoms with E-state index in [1.54, 1.807) is 13.2 Å². The van der Waals surface area contributed by atoms with Gasteiger partial charge in [-0.3, -0.25) is 4.79 Å². The predicted molar refractivity (Wildman–Crippen MR) is 84.2 cm³/mol. The normalized spacial score (nSPS) is 14.8. The number of amides is 1. The number of benzene rings is 1. The summed E-state index contributed by atoms with van der Waals surface area (Å²) in [4.78, 5) is 11.7. The van der Waals surface area contributed by atoms with Crippen LogP contribution in [0.2, 0.25) is 0 Å². The van der Waals surface area contributed by atoms with Crippen molar-refractivity contribution in [2.24, 2.45) is 11.7 Å². The topological polar surface area (TPSA) is 73.6 Å². The zero-order valence-electron chi connectivity index (χ0n) is 12.4. The molecule has 21 heavy (non-hydrogen) atoms. The Bertz CT molecular complexity index is 478. The molecule has 1 aliphatic carbocycles. The number of aryl methyl sites for hydroxylation is 1. The van der Waals surface area contributed by atoms with Crippen molar-refractivity contribution in [2.75, 3.05) is 20.3 Å². The first-order valence-electron chi connectivity index (χ1n) is 6.90. The Hall–Kier alpha value is -1.46. The van der Waals surface area contributed by atoms with Gasteiger partial charge in [-0.15, -0.1) is 12.4 Å². The zero-order chi connectivity index (χ0) is 14.5. The Labute approximate surface area is 131 Å². The van der Waals surface area contributed by atoms with Gasteiger partial charge in [0.2, 0.25) is 0 Å². The lowest BCUT2D eigenvalue weighted by atomic mass is 10.2. The van der Waals surface area contributed by atoms with Gasteiger partial charge in [0.25, 0.3) is 5.91 Å². The van der Waals surface area contributed by atoms with E-state index < -0.39 is 0 Å². The van der Waals surface area contributed by atoms with Gasteiger partial charge in [-0.05, 0) is 43.4 Å². The third kappa shape index (κ3) is 5.44. The molecular formula is C15H23ClN2O3. The number of carbonyl (C=O) groups excluding carboxylic acids is 1. The highest BCUT2D eigenvalue weighted by molar-refractivity contribution is 5.85. The van der Waals surface area contributed by atoms with Gasteiger partial charge in [-0.1, -0.05) is 6.07 Å². The van der Waals surface area contributed by atoms with Gasteiger partial charge in [0.15, 0.2) is 18.1 Å². The number of rotatable bonds is 7. The van der Waals surface area contributed by atoms with Crippen molar-refractivity contribution in [1.82, 2.24) is 5.32 Å². The van der Waals surface area contributed by atoms with Crippen LogP contribution >= 0.6 is 12.4 Å². The quantitative estimate of drug-likeness (QED) is 0.802. The van der Waals surface area contributed by atoms with Crippen molar-refractivity contribution in [2.45, 2.75) is 25.8 Å². The van der Waals surface area contributed by atoms with E-state index in [2.05, 4.69) is 5.32 Å². The van der Waals surface area contributed by atoms with E-state index in [4.69, 9.17) is 15.2 Å². The summed E-state index contributed by atoms with van der Waals surface area (Å²) in [7, 11) is 1.58. The summed E-state index contributed by atoms with van der Waals surface area (Å²) in [6, 6.07) is 5.65. The molecule has 118 valence electrons. The highest BCUT2D eigenvalue weighted by Crippen LogP contribution is 2.31. The average Bonchev–Trinajstić information content (AvgIpc) is 3.27. The molecule has 0 aliphatic heterocycles. The van der Waals surface area contributed by atoms with E-state index >= 15 is 0 Å². The van der Waals surface area contributed by atoms with Crippen LogP contribution in [0.1, 0.15) is 18.4 Å². The lowest BCUT2D eigenvalue weighted by molar-refractivity contribution is -0.123. The van der Waals surface area contributed by atoms with Gasteiger partial charge < -0.3 is 20.5 Å². The molecule has 1 unspecified atom stereocenters. The van der Waals surface area contributed by atoms with Crippen molar-refractivity contribution in [1.29, 1.82) is 0 Å². The van der Waals surface area contributed by atoms with Crippen molar-refractivity contribution >= 4 is 18.3 Å². The van der Waals surface area contributed by atoms with E-state index in [9.17, 15) is 4.79 Å². The first kappa shape index (κ1) is 17.6. The van der Waals surface area contributed by atoms with Crippen LogP contribution in [-0.2, 0) is 4.79 Å². The summed E-state index contributed by atoms with van der Waals surface area (Å²) in [6.07, 6.45) is 2.35. The molecule has 1 aromatic rings. The fraction of sp³-hybridized carbons (Fsp3) is 0.533. The van der Waals surface area contributed by atoms with Crippen LogP contribution in [0.3, 0.4) is 0 Å². The number of nitrogens with one attached hydrogen (secondary N) is 1. The number of hydrogen-bond acceptors (Lipinski definition) is 4. The zero-order valence-corrected chi connectivity index (χ0v) is 13.2. The molecule has 0 heterocycles. The molecule has 1 saturated carbocycles. The minimum absolute atomic E-state index is 0. The fourth-order valence-electron chi connectivity index (χ4n) is 2.01.